The van der Waals surface area contributed by atoms with Crippen LogP contribution in [0.15, 0.2) is 24.3 Å². The standard InChI is InChI=1S/C15H22FNOS/c1-12(17-10-15(18)8-9-19-11-15)2-3-13-4-6-14(16)7-5-13/h4-7,12,17-18H,2-3,8-11H2,1H3. The first-order valence-electron chi connectivity index (χ1n) is 6.85. The highest BCUT2D eigenvalue weighted by molar-refractivity contribution is 7.99. The molecule has 19 heavy (non-hydrogen) atoms. The fourth-order valence-electron chi connectivity index (χ4n) is 2.24. The highest BCUT2D eigenvalue weighted by Gasteiger charge is 2.31. The second kappa shape index (κ2) is 6.73. The lowest BCUT2D eigenvalue weighted by Gasteiger charge is -2.24. The minimum Gasteiger partial charge on any atom is -0.388 e. The summed E-state index contributed by atoms with van der Waals surface area (Å²) in [5.74, 6) is 1.71. The van der Waals surface area contributed by atoms with E-state index in [4.69, 9.17) is 0 Å². The van der Waals surface area contributed by atoms with E-state index in [9.17, 15) is 9.50 Å². The molecule has 2 N–H and O–H groups in total. The molecule has 1 fully saturated rings. The summed E-state index contributed by atoms with van der Waals surface area (Å²) in [6.07, 6.45) is 2.81. The monoisotopic (exact) mass is 283 g/mol. The Bertz CT molecular complexity index is 390. The van der Waals surface area contributed by atoms with Crippen molar-refractivity contribution in [3.63, 3.8) is 0 Å². The van der Waals surface area contributed by atoms with Crippen LogP contribution in [0.2, 0.25) is 0 Å². The van der Waals surface area contributed by atoms with E-state index in [1.807, 2.05) is 23.9 Å². The maximum atomic E-state index is 12.8. The Labute approximate surface area is 118 Å². The number of rotatable bonds is 6. The highest BCUT2D eigenvalue weighted by atomic mass is 32.2. The Morgan fingerprint density at radius 1 is 1.42 bits per heavy atom. The second-order valence-electron chi connectivity index (χ2n) is 5.47. The third-order valence-corrected chi connectivity index (χ3v) is 4.88. The van der Waals surface area contributed by atoms with Crippen molar-refractivity contribution in [3.05, 3.63) is 35.6 Å². The number of hydrogen-bond acceptors (Lipinski definition) is 3. The topological polar surface area (TPSA) is 32.3 Å². The van der Waals surface area contributed by atoms with Crippen LogP contribution >= 0.6 is 11.8 Å². The van der Waals surface area contributed by atoms with Gasteiger partial charge in [0.05, 0.1) is 5.60 Å². The first-order valence-corrected chi connectivity index (χ1v) is 8.01. The van der Waals surface area contributed by atoms with Gasteiger partial charge >= 0.3 is 0 Å². The van der Waals surface area contributed by atoms with E-state index in [0.29, 0.717) is 12.6 Å². The molecule has 0 amide bonds. The number of hydrogen-bond donors (Lipinski definition) is 2. The highest BCUT2D eigenvalue weighted by Crippen LogP contribution is 2.27. The molecule has 1 saturated heterocycles. The van der Waals surface area contributed by atoms with Crippen LogP contribution in [0.4, 0.5) is 4.39 Å². The minimum atomic E-state index is -0.519. The van der Waals surface area contributed by atoms with Crippen molar-refractivity contribution >= 4 is 11.8 Å². The average Bonchev–Trinajstić information content (AvgIpc) is 2.83. The zero-order valence-electron chi connectivity index (χ0n) is 11.4. The van der Waals surface area contributed by atoms with E-state index in [-0.39, 0.29) is 5.82 Å². The van der Waals surface area contributed by atoms with Gasteiger partial charge in [-0.05, 0) is 49.6 Å². The Morgan fingerprint density at radius 3 is 2.79 bits per heavy atom. The van der Waals surface area contributed by atoms with E-state index >= 15 is 0 Å². The lowest BCUT2D eigenvalue weighted by Crippen LogP contribution is -2.43. The smallest absolute Gasteiger partial charge is 0.123 e. The molecule has 4 heteroatoms. The molecule has 2 atom stereocenters. The molecular formula is C15H22FNOS. The van der Waals surface area contributed by atoms with Gasteiger partial charge in [0.2, 0.25) is 0 Å². The van der Waals surface area contributed by atoms with Crippen molar-refractivity contribution in [2.75, 3.05) is 18.1 Å². The fraction of sp³-hybridized carbons (Fsp3) is 0.600. The summed E-state index contributed by atoms with van der Waals surface area (Å²) in [6, 6.07) is 7.05. The Balaban J connectivity index is 1.69. The Hall–Kier alpha value is -0.580. The maximum absolute atomic E-state index is 12.8. The largest absolute Gasteiger partial charge is 0.388 e. The molecule has 2 unspecified atom stereocenters. The molecule has 2 rings (SSSR count). The summed E-state index contributed by atoms with van der Waals surface area (Å²) < 4.78 is 12.8. The van der Waals surface area contributed by atoms with Crippen molar-refractivity contribution in [1.29, 1.82) is 0 Å². The van der Waals surface area contributed by atoms with Gasteiger partial charge in [-0.15, -0.1) is 0 Å². The normalized spacial score (nSPS) is 24.6. The van der Waals surface area contributed by atoms with Crippen molar-refractivity contribution in [2.24, 2.45) is 0 Å². The van der Waals surface area contributed by atoms with Crippen LogP contribution in [0.25, 0.3) is 0 Å². The van der Waals surface area contributed by atoms with E-state index in [1.54, 1.807) is 0 Å². The van der Waals surface area contributed by atoms with E-state index in [2.05, 4.69) is 12.2 Å². The molecule has 0 aliphatic carbocycles. The molecular weight excluding hydrogens is 261 g/mol. The summed E-state index contributed by atoms with van der Waals surface area (Å²) in [6.45, 7) is 2.81. The second-order valence-corrected chi connectivity index (χ2v) is 6.58. The average molecular weight is 283 g/mol. The van der Waals surface area contributed by atoms with Crippen LogP contribution in [-0.2, 0) is 6.42 Å². The van der Waals surface area contributed by atoms with E-state index in [0.717, 1.165) is 36.3 Å². The van der Waals surface area contributed by atoms with Crippen molar-refractivity contribution in [2.45, 2.75) is 37.8 Å². The molecule has 0 saturated carbocycles. The predicted molar refractivity (Wildman–Crippen MR) is 79.1 cm³/mol. The summed E-state index contributed by atoms with van der Waals surface area (Å²) in [5.41, 5.74) is 0.639. The van der Waals surface area contributed by atoms with E-state index in [1.165, 1.54) is 12.1 Å². The van der Waals surface area contributed by atoms with Crippen LogP contribution < -0.4 is 5.32 Å². The fourth-order valence-corrected chi connectivity index (χ4v) is 3.53. The number of halogens is 1. The molecule has 106 valence electrons. The van der Waals surface area contributed by atoms with Gasteiger partial charge in [0.25, 0.3) is 0 Å². The minimum absolute atomic E-state index is 0.184. The number of thioether (sulfide) groups is 1. The molecule has 1 aromatic rings. The van der Waals surface area contributed by atoms with Crippen LogP contribution in [-0.4, -0.2) is 34.8 Å². The number of benzene rings is 1. The summed E-state index contributed by atoms with van der Waals surface area (Å²) in [4.78, 5) is 0. The number of aliphatic hydroxyl groups is 1. The molecule has 1 aromatic carbocycles. The van der Waals surface area contributed by atoms with Gasteiger partial charge in [-0.3, -0.25) is 0 Å². The molecule has 0 bridgehead atoms. The SMILES string of the molecule is CC(CCc1ccc(F)cc1)NCC1(O)CCSC1. The van der Waals surface area contributed by atoms with Gasteiger partial charge in [0.1, 0.15) is 5.82 Å². The molecule has 1 heterocycles. The lowest BCUT2D eigenvalue weighted by molar-refractivity contribution is 0.0649. The third-order valence-electron chi connectivity index (χ3n) is 3.64. The lowest BCUT2D eigenvalue weighted by atomic mass is 10.0. The first-order chi connectivity index (χ1) is 9.07. The summed E-state index contributed by atoms with van der Waals surface area (Å²) >= 11 is 1.82. The maximum Gasteiger partial charge on any atom is 0.123 e. The molecule has 1 aliphatic rings. The van der Waals surface area contributed by atoms with Gasteiger partial charge in [-0.2, -0.15) is 11.8 Å². The third kappa shape index (κ3) is 4.79. The molecule has 0 spiro atoms. The number of nitrogens with one attached hydrogen (secondary N) is 1. The predicted octanol–water partition coefficient (Wildman–Crippen LogP) is 2.60. The molecule has 0 aromatic heterocycles. The molecule has 1 aliphatic heterocycles. The van der Waals surface area contributed by atoms with Crippen molar-refractivity contribution < 1.29 is 9.50 Å². The van der Waals surface area contributed by atoms with Crippen LogP contribution in [0, 0.1) is 5.82 Å². The Morgan fingerprint density at radius 2 is 2.16 bits per heavy atom. The van der Waals surface area contributed by atoms with Gasteiger partial charge in [-0.1, -0.05) is 12.1 Å². The molecule has 0 radical (unpaired) electrons. The first kappa shape index (κ1) is 14.8. The van der Waals surface area contributed by atoms with Gasteiger partial charge in [0, 0.05) is 18.3 Å². The Kier molecular flexibility index (Phi) is 5.25. The van der Waals surface area contributed by atoms with Crippen LogP contribution in [0.1, 0.15) is 25.3 Å². The van der Waals surface area contributed by atoms with Gasteiger partial charge in [-0.25, -0.2) is 4.39 Å². The number of aryl methyl sites for hydroxylation is 1. The van der Waals surface area contributed by atoms with Crippen LogP contribution in [0.5, 0.6) is 0 Å². The summed E-state index contributed by atoms with van der Waals surface area (Å²) in [5, 5.41) is 13.6. The van der Waals surface area contributed by atoms with E-state index < -0.39 is 5.60 Å². The van der Waals surface area contributed by atoms with Crippen molar-refractivity contribution in [1.82, 2.24) is 5.32 Å². The quantitative estimate of drug-likeness (QED) is 0.842. The molecule has 2 nitrogen and oxygen atoms in total. The van der Waals surface area contributed by atoms with Gasteiger partial charge in [0.15, 0.2) is 0 Å². The zero-order chi connectivity index (χ0) is 13.7. The summed E-state index contributed by atoms with van der Waals surface area (Å²) in [7, 11) is 0. The van der Waals surface area contributed by atoms with Crippen LogP contribution in [0.3, 0.4) is 0 Å². The van der Waals surface area contributed by atoms with Gasteiger partial charge < -0.3 is 10.4 Å². The van der Waals surface area contributed by atoms with Crippen molar-refractivity contribution in [3.8, 4) is 0 Å². The zero-order valence-corrected chi connectivity index (χ0v) is 12.2.